The van der Waals surface area contributed by atoms with E-state index in [9.17, 15) is 0 Å². The molecule has 0 atom stereocenters. The second-order valence-electron chi connectivity index (χ2n) is 11.7. The summed E-state index contributed by atoms with van der Waals surface area (Å²) in [6.45, 7) is 4.66. The van der Waals surface area contributed by atoms with Crippen LogP contribution in [-0.2, 0) is 5.41 Å². The molecule has 0 spiro atoms. The summed E-state index contributed by atoms with van der Waals surface area (Å²) in [7, 11) is 0. The molecule has 3 heterocycles. The van der Waals surface area contributed by atoms with E-state index < -0.39 is 0 Å². The summed E-state index contributed by atoms with van der Waals surface area (Å²) < 4.78 is 2.31. The first kappa shape index (κ1) is 23.4. The maximum Gasteiger partial charge on any atom is 0.183 e. The molecule has 42 heavy (non-hydrogen) atoms. The summed E-state index contributed by atoms with van der Waals surface area (Å²) >= 11 is 0. The van der Waals surface area contributed by atoms with Crippen LogP contribution in [-0.4, -0.2) is 19.4 Å². The number of benzene rings is 5. The van der Waals surface area contributed by atoms with Gasteiger partial charge in [-0.25, -0.2) is 15.0 Å². The second-order valence-corrected chi connectivity index (χ2v) is 11.7. The Morgan fingerprint density at radius 2 is 1.21 bits per heavy atom. The van der Waals surface area contributed by atoms with Gasteiger partial charge >= 0.3 is 0 Å². The summed E-state index contributed by atoms with van der Waals surface area (Å²) in [4.78, 5) is 15.5. The molecule has 0 saturated heterocycles. The predicted octanol–water partition coefficient (Wildman–Crippen LogP) is 9.22. The minimum absolute atomic E-state index is 0.117. The van der Waals surface area contributed by atoms with Crippen molar-refractivity contribution in [1.29, 1.82) is 0 Å². The second kappa shape index (κ2) is 8.34. The summed E-state index contributed by atoms with van der Waals surface area (Å²) in [5.74, 6) is 0.677. The van der Waals surface area contributed by atoms with Crippen LogP contribution in [0.2, 0.25) is 0 Å². The Hall–Kier alpha value is -5.35. The first-order valence-corrected chi connectivity index (χ1v) is 14.4. The number of fused-ring (bicyclic) bond motifs is 11. The average Bonchev–Trinajstić information content (AvgIpc) is 3.54. The molecule has 0 amide bonds. The highest BCUT2D eigenvalue weighted by Gasteiger charge is 2.36. The van der Waals surface area contributed by atoms with E-state index in [1.807, 2.05) is 24.3 Å². The van der Waals surface area contributed by atoms with Gasteiger partial charge in [0.1, 0.15) is 16.9 Å². The van der Waals surface area contributed by atoms with E-state index in [1.54, 1.807) is 0 Å². The summed E-state index contributed by atoms with van der Waals surface area (Å²) in [5, 5.41) is 3.50. The van der Waals surface area contributed by atoms with Gasteiger partial charge in [0.25, 0.3) is 0 Å². The molecule has 198 valence electrons. The lowest BCUT2D eigenvalue weighted by Crippen LogP contribution is -2.15. The van der Waals surface area contributed by atoms with Crippen LogP contribution >= 0.6 is 0 Å². The van der Waals surface area contributed by atoms with Gasteiger partial charge in [-0.15, -0.1) is 0 Å². The quantitative estimate of drug-likeness (QED) is 0.206. The standard InChI is InChI=1S/C38H26N4/c1-38(2)30-20-12-11-18-26(30)28-21-29-25-17-9-10-19-27(25)37-41-36-34(42(37)32(29)22-31(28)38)33(23-13-5-3-6-14-23)39-35(40-36)24-15-7-4-8-16-24/h3-22H,1-2H3. The van der Waals surface area contributed by atoms with Gasteiger partial charge < -0.3 is 0 Å². The molecule has 0 fully saturated rings. The first-order chi connectivity index (χ1) is 20.6. The highest BCUT2D eigenvalue weighted by Crippen LogP contribution is 2.50. The topological polar surface area (TPSA) is 43.1 Å². The van der Waals surface area contributed by atoms with E-state index in [-0.39, 0.29) is 5.41 Å². The molecule has 4 nitrogen and oxygen atoms in total. The van der Waals surface area contributed by atoms with E-state index >= 15 is 0 Å². The van der Waals surface area contributed by atoms with Gasteiger partial charge in [0.05, 0.1) is 5.52 Å². The lowest BCUT2D eigenvalue weighted by atomic mass is 9.82. The maximum atomic E-state index is 5.25. The Labute approximate surface area is 243 Å². The van der Waals surface area contributed by atoms with Gasteiger partial charge in [-0.1, -0.05) is 123 Å². The van der Waals surface area contributed by atoms with Crippen molar-refractivity contribution in [2.24, 2.45) is 0 Å². The molecule has 0 saturated carbocycles. The number of imidazole rings is 1. The molecule has 1 aliphatic rings. The lowest BCUT2D eigenvalue weighted by Gasteiger charge is -2.22. The number of pyridine rings is 1. The molecule has 3 aromatic heterocycles. The molecular formula is C38H26N4. The third-order valence-corrected chi connectivity index (χ3v) is 8.99. The van der Waals surface area contributed by atoms with Crippen molar-refractivity contribution in [2.45, 2.75) is 19.3 Å². The zero-order chi connectivity index (χ0) is 28.0. The Morgan fingerprint density at radius 1 is 0.548 bits per heavy atom. The van der Waals surface area contributed by atoms with Crippen LogP contribution in [0.1, 0.15) is 25.0 Å². The molecule has 8 aromatic rings. The van der Waals surface area contributed by atoms with Crippen LogP contribution < -0.4 is 0 Å². The fraction of sp³-hybridized carbons (Fsp3) is 0.0789. The molecule has 1 aliphatic carbocycles. The van der Waals surface area contributed by atoms with Crippen molar-refractivity contribution in [2.75, 3.05) is 0 Å². The van der Waals surface area contributed by atoms with Gasteiger partial charge in [-0.05, 0) is 39.8 Å². The zero-order valence-corrected chi connectivity index (χ0v) is 23.3. The Bertz CT molecular complexity index is 2370. The van der Waals surface area contributed by atoms with Crippen LogP contribution in [0.5, 0.6) is 0 Å². The summed E-state index contributed by atoms with van der Waals surface area (Å²) in [6, 6.07) is 42.8. The van der Waals surface area contributed by atoms with Crippen molar-refractivity contribution in [3.8, 4) is 33.8 Å². The van der Waals surface area contributed by atoms with Crippen LogP contribution in [0.25, 0.3) is 72.3 Å². The molecule has 0 bridgehead atoms. The van der Waals surface area contributed by atoms with Gasteiger partial charge in [-0.3, -0.25) is 4.40 Å². The van der Waals surface area contributed by atoms with Gasteiger partial charge in [0.2, 0.25) is 0 Å². The number of nitrogens with zero attached hydrogens (tertiary/aromatic N) is 4. The Morgan fingerprint density at radius 3 is 2.00 bits per heavy atom. The smallest absolute Gasteiger partial charge is 0.183 e. The fourth-order valence-electron chi connectivity index (χ4n) is 6.96. The third kappa shape index (κ3) is 3.09. The summed E-state index contributed by atoms with van der Waals surface area (Å²) in [5.41, 5.74) is 11.8. The minimum Gasteiger partial charge on any atom is -0.288 e. The number of rotatable bonds is 2. The van der Waals surface area contributed by atoms with E-state index in [1.165, 1.54) is 33.0 Å². The number of hydrogen-bond donors (Lipinski definition) is 0. The number of hydrogen-bond acceptors (Lipinski definition) is 3. The van der Waals surface area contributed by atoms with E-state index in [0.29, 0.717) is 11.5 Å². The third-order valence-electron chi connectivity index (χ3n) is 8.99. The van der Waals surface area contributed by atoms with Crippen LogP contribution in [0, 0.1) is 0 Å². The molecule has 0 radical (unpaired) electrons. The van der Waals surface area contributed by atoms with E-state index in [2.05, 4.69) is 115 Å². The largest absolute Gasteiger partial charge is 0.288 e. The maximum absolute atomic E-state index is 5.25. The highest BCUT2D eigenvalue weighted by molar-refractivity contribution is 6.16. The Kier molecular flexibility index (Phi) is 4.64. The van der Waals surface area contributed by atoms with Crippen LogP contribution in [0.4, 0.5) is 0 Å². The predicted molar refractivity (Wildman–Crippen MR) is 172 cm³/mol. The molecule has 9 rings (SSSR count). The Balaban J connectivity index is 1.50. The first-order valence-electron chi connectivity index (χ1n) is 14.4. The van der Waals surface area contributed by atoms with Crippen molar-refractivity contribution in [3.05, 3.63) is 132 Å². The minimum atomic E-state index is -0.117. The average molecular weight is 539 g/mol. The number of aromatic nitrogens is 4. The monoisotopic (exact) mass is 538 g/mol. The van der Waals surface area contributed by atoms with Crippen molar-refractivity contribution >= 4 is 38.5 Å². The fourth-order valence-corrected chi connectivity index (χ4v) is 6.96. The molecular weight excluding hydrogens is 512 g/mol. The normalized spacial score (nSPS) is 13.7. The van der Waals surface area contributed by atoms with Gasteiger partial charge in [0, 0.05) is 27.3 Å². The molecule has 0 N–H and O–H groups in total. The van der Waals surface area contributed by atoms with Gasteiger partial charge in [-0.2, -0.15) is 0 Å². The van der Waals surface area contributed by atoms with E-state index in [0.717, 1.165) is 38.9 Å². The SMILES string of the molecule is CC1(C)c2ccccc2-c2cc3c4ccccc4c4nc5nc(-c6ccccc6)nc(-c6ccccc6)c5n4c3cc21. The highest BCUT2D eigenvalue weighted by atomic mass is 15.1. The van der Waals surface area contributed by atoms with Crippen LogP contribution in [0.3, 0.4) is 0 Å². The molecule has 5 aromatic carbocycles. The lowest BCUT2D eigenvalue weighted by molar-refractivity contribution is 0.661. The molecule has 0 unspecified atom stereocenters. The van der Waals surface area contributed by atoms with Crippen molar-refractivity contribution < 1.29 is 0 Å². The summed E-state index contributed by atoms with van der Waals surface area (Å²) in [6.07, 6.45) is 0. The van der Waals surface area contributed by atoms with Crippen molar-refractivity contribution in [3.63, 3.8) is 0 Å². The molecule has 4 heteroatoms. The van der Waals surface area contributed by atoms with E-state index in [4.69, 9.17) is 15.0 Å². The van der Waals surface area contributed by atoms with Crippen LogP contribution in [0.15, 0.2) is 121 Å². The molecule has 0 aliphatic heterocycles. The van der Waals surface area contributed by atoms with Gasteiger partial charge in [0.15, 0.2) is 11.5 Å². The van der Waals surface area contributed by atoms with Crippen molar-refractivity contribution in [1.82, 2.24) is 19.4 Å². The zero-order valence-electron chi connectivity index (χ0n) is 23.3.